The average molecular weight is 260 g/mol. The lowest BCUT2D eigenvalue weighted by molar-refractivity contribution is 0.668. The van der Waals surface area contributed by atoms with Crippen molar-refractivity contribution in [3.05, 3.63) is 35.7 Å². The summed E-state index contributed by atoms with van der Waals surface area (Å²) in [6.07, 6.45) is 1.02. The first kappa shape index (κ1) is 11.6. The first-order valence-corrected chi connectivity index (χ1v) is 6.94. The standard InChI is InChI=1S/C13H16N4S/c1-9-15-13(18-16-9)17-8-10(6-7-14)11-4-2-3-5-12(11)17/h2-5,10H,6-8,14H2,1H3. The first-order chi connectivity index (χ1) is 8.79. The molecule has 1 aromatic heterocycles. The van der Waals surface area contributed by atoms with Gasteiger partial charge in [-0.25, -0.2) is 4.98 Å². The highest BCUT2D eigenvalue weighted by Gasteiger charge is 2.30. The van der Waals surface area contributed by atoms with E-state index < -0.39 is 0 Å². The highest BCUT2D eigenvalue weighted by atomic mass is 32.1. The number of benzene rings is 1. The van der Waals surface area contributed by atoms with E-state index in [2.05, 4.69) is 38.5 Å². The largest absolute Gasteiger partial charge is 0.330 e. The molecule has 0 spiro atoms. The SMILES string of the molecule is Cc1nsc(N2CC(CCN)c3ccccc32)n1. The number of rotatable bonds is 3. The van der Waals surface area contributed by atoms with Crippen LogP contribution in [0.1, 0.15) is 23.7 Å². The van der Waals surface area contributed by atoms with Crippen LogP contribution in [0.25, 0.3) is 0 Å². The minimum absolute atomic E-state index is 0.510. The van der Waals surface area contributed by atoms with Crippen molar-refractivity contribution >= 4 is 22.4 Å². The van der Waals surface area contributed by atoms with Gasteiger partial charge in [0.1, 0.15) is 5.82 Å². The average Bonchev–Trinajstić information content (AvgIpc) is 2.95. The van der Waals surface area contributed by atoms with Crippen LogP contribution in [0, 0.1) is 6.92 Å². The Morgan fingerprint density at radius 1 is 1.44 bits per heavy atom. The summed E-state index contributed by atoms with van der Waals surface area (Å²) in [6.45, 7) is 3.62. The van der Waals surface area contributed by atoms with Crippen LogP contribution in [-0.4, -0.2) is 22.4 Å². The fourth-order valence-electron chi connectivity index (χ4n) is 2.52. The van der Waals surface area contributed by atoms with Crippen LogP contribution in [-0.2, 0) is 0 Å². The van der Waals surface area contributed by atoms with Gasteiger partial charge in [-0.3, -0.25) is 0 Å². The van der Waals surface area contributed by atoms with Gasteiger partial charge in [0, 0.05) is 29.7 Å². The van der Waals surface area contributed by atoms with Crippen molar-refractivity contribution in [2.45, 2.75) is 19.3 Å². The van der Waals surface area contributed by atoms with Crippen molar-refractivity contribution in [2.75, 3.05) is 18.0 Å². The van der Waals surface area contributed by atoms with E-state index in [-0.39, 0.29) is 0 Å². The number of anilines is 2. The molecule has 1 aromatic carbocycles. The van der Waals surface area contributed by atoms with Crippen LogP contribution in [0.5, 0.6) is 0 Å². The van der Waals surface area contributed by atoms with Gasteiger partial charge in [-0.05, 0) is 31.5 Å². The summed E-state index contributed by atoms with van der Waals surface area (Å²) < 4.78 is 4.27. The van der Waals surface area contributed by atoms with E-state index >= 15 is 0 Å². The van der Waals surface area contributed by atoms with Gasteiger partial charge in [0.05, 0.1) is 0 Å². The van der Waals surface area contributed by atoms with Crippen LogP contribution in [0.3, 0.4) is 0 Å². The molecule has 0 fully saturated rings. The minimum Gasteiger partial charge on any atom is -0.330 e. The number of hydrogen-bond acceptors (Lipinski definition) is 5. The van der Waals surface area contributed by atoms with E-state index in [4.69, 9.17) is 5.73 Å². The molecule has 4 nitrogen and oxygen atoms in total. The normalized spacial score (nSPS) is 18.1. The zero-order chi connectivity index (χ0) is 12.5. The van der Waals surface area contributed by atoms with Crippen LogP contribution in [0.2, 0.25) is 0 Å². The Bertz CT molecular complexity index is 551. The lowest BCUT2D eigenvalue weighted by Gasteiger charge is -2.15. The number of hydrogen-bond donors (Lipinski definition) is 1. The molecule has 1 atom stereocenters. The molecule has 3 rings (SSSR count). The molecule has 0 saturated heterocycles. The Morgan fingerprint density at radius 3 is 3.00 bits per heavy atom. The van der Waals surface area contributed by atoms with Gasteiger partial charge in [0.2, 0.25) is 5.13 Å². The molecule has 94 valence electrons. The van der Waals surface area contributed by atoms with Crippen molar-refractivity contribution in [3.8, 4) is 0 Å². The second-order valence-electron chi connectivity index (χ2n) is 4.57. The van der Waals surface area contributed by atoms with Gasteiger partial charge in [0.15, 0.2) is 0 Å². The Morgan fingerprint density at radius 2 is 2.28 bits per heavy atom. The van der Waals surface area contributed by atoms with Crippen molar-refractivity contribution in [1.82, 2.24) is 9.36 Å². The molecule has 0 saturated carbocycles. The summed E-state index contributed by atoms with van der Waals surface area (Å²) in [5.74, 6) is 1.35. The Balaban J connectivity index is 1.99. The third kappa shape index (κ3) is 1.89. The summed E-state index contributed by atoms with van der Waals surface area (Å²) in [5.41, 5.74) is 8.35. The Labute approximate surface area is 111 Å². The van der Waals surface area contributed by atoms with Gasteiger partial charge < -0.3 is 10.6 Å². The number of nitrogens with two attached hydrogens (primary N) is 1. The van der Waals surface area contributed by atoms with E-state index in [9.17, 15) is 0 Å². The third-order valence-corrected chi connectivity index (χ3v) is 4.16. The molecule has 0 bridgehead atoms. The minimum atomic E-state index is 0.510. The molecule has 2 aromatic rings. The third-order valence-electron chi connectivity index (χ3n) is 3.33. The van der Waals surface area contributed by atoms with E-state index in [0.717, 1.165) is 30.5 Å². The van der Waals surface area contributed by atoms with Crippen molar-refractivity contribution < 1.29 is 0 Å². The van der Waals surface area contributed by atoms with Gasteiger partial charge in [-0.1, -0.05) is 18.2 Å². The van der Waals surface area contributed by atoms with Crippen molar-refractivity contribution in [3.63, 3.8) is 0 Å². The van der Waals surface area contributed by atoms with Crippen molar-refractivity contribution in [1.29, 1.82) is 0 Å². The number of nitrogens with zero attached hydrogens (tertiary/aromatic N) is 3. The fourth-order valence-corrected chi connectivity index (χ4v) is 3.22. The van der Waals surface area contributed by atoms with Gasteiger partial charge >= 0.3 is 0 Å². The molecular formula is C13H16N4S. The maximum absolute atomic E-state index is 5.71. The quantitative estimate of drug-likeness (QED) is 0.921. The van der Waals surface area contributed by atoms with Crippen molar-refractivity contribution in [2.24, 2.45) is 5.73 Å². The molecule has 0 amide bonds. The number of fused-ring (bicyclic) bond motifs is 1. The van der Waals surface area contributed by atoms with Crippen LogP contribution in [0.4, 0.5) is 10.8 Å². The summed E-state index contributed by atoms with van der Waals surface area (Å²) in [4.78, 5) is 6.75. The lowest BCUT2D eigenvalue weighted by atomic mass is 9.98. The second kappa shape index (κ2) is 4.66. The Hall–Kier alpha value is -1.46. The van der Waals surface area contributed by atoms with Gasteiger partial charge in [0.25, 0.3) is 0 Å². The fraction of sp³-hybridized carbons (Fsp3) is 0.385. The molecule has 1 aliphatic heterocycles. The smallest absolute Gasteiger partial charge is 0.209 e. The topological polar surface area (TPSA) is 55.0 Å². The zero-order valence-corrected chi connectivity index (χ0v) is 11.2. The number of para-hydroxylation sites is 1. The molecule has 0 radical (unpaired) electrons. The molecule has 5 heteroatoms. The highest BCUT2D eigenvalue weighted by molar-refractivity contribution is 7.09. The first-order valence-electron chi connectivity index (χ1n) is 6.16. The summed E-state index contributed by atoms with van der Waals surface area (Å²) >= 11 is 1.46. The second-order valence-corrected chi connectivity index (χ2v) is 5.30. The van der Waals surface area contributed by atoms with E-state index in [1.165, 1.54) is 22.8 Å². The van der Waals surface area contributed by atoms with Crippen LogP contribution in [0.15, 0.2) is 24.3 Å². The molecule has 1 aliphatic rings. The van der Waals surface area contributed by atoms with Gasteiger partial charge in [-0.15, -0.1) is 0 Å². The lowest BCUT2D eigenvalue weighted by Crippen LogP contribution is -2.17. The van der Waals surface area contributed by atoms with Crippen LogP contribution >= 0.6 is 11.5 Å². The molecule has 1 unspecified atom stereocenters. The predicted octanol–water partition coefficient (Wildman–Crippen LogP) is 2.43. The van der Waals surface area contributed by atoms with E-state index in [0.29, 0.717) is 5.92 Å². The molecule has 2 heterocycles. The Kier molecular flexibility index (Phi) is 3.01. The zero-order valence-electron chi connectivity index (χ0n) is 10.3. The predicted molar refractivity (Wildman–Crippen MR) is 74.5 cm³/mol. The summed E-state index contributed by atoms with van der Waals surface area (Å²) in [6, 6.07) is 8.52. The molecule has 18 heavy (non-hydrogen) atoms. The molecule has 2 N–H and O–H groups in total. The summed E-state index contributed by atoms with van der Waals surface area (Å²) in [7, 11) is 0. The summed E-state index contributed by atoms with van der Waals surface area (Å²) in [5, 5.41) is 0.986. The van der Waals surface area contributed by atoms with Crippen LogP contribution < -0.4 is 10.6 Å². The molecule has 0 aliphatic carbocycles. The highest BCUT2D eigenvalue weighted by Crippen LogP contribution is 2.42. The van der Waals surface area contributed by atoms with Gasteiger partial charge in [-0.2, -0.15) is 4.37 Å². The maximum atomic E-state index is 5.71. The van der Waals surface area contributed by atoms with E-state index in [1.807, 2.05) is 6.92 Å². The number of aryl methyl sites for hydroxylation is 1. The maximum Gasteiger partial charge on any atom is 0.209 e. The number of aromatic nitrogens is 2. The molecular weight excluding hydrogens is 244 g/mol. The monoisotopic (exact) mass is 260 g/mol. The van der Waals surface area contributed by atoms with E-state index in [1.54, 1.807) is 0 Å².